The minimum atomic E-state index is 0.325. The molecule has 0 spiro atoms. The molecule has 0 aromatic carbocycles. The van der Waals surface area contributed by atoms with E-state index >= 15 is 0 Å². The predicted molar refractivity (Wildman–Crippen MR) is 41.3 cm³/mol. The van der Waals surface area contributed by atoms with Crippen LogP contribution in [0.3, 0.4) is 0 Å². The highest BCUT2D eigenvalue weighted by atomic mass is 14.2. The van der Waals surface area contributed by atoms with E-state index in [4.69, 9.17) is 0 Å². The van der Waals surface area contributed by atoms with Crippen molar-refractivity contribution in [1.29, 1.82) is 0 Å². The lowest BCUT2D eigenvalue weighted by Crippen LogP contribution is -1.97. The van der Waals surface area contributed by atoms with Crippen LogP contribution < -0.4 is 0 Å². The van der Waals surface area contributed by atoms with E-state index in [-0.39, 0.29) is 0 Å². The van der Waals surface area contributed by atoms with Crippen molar-refractivity contribution < 1.29 is 0 Å². The predicted octanol–water partition coefficient (Wildman–Crippen LogP) is 2.92. The second kappa shape index (κ2) is 2.02. The van der Waals surface area contributed by atoms with Crippen LogP contribution in [0.25, 0.3) is 0 Å². The maximum absolute atomic E-state index is 2.33. The van der Waals surface area contributed by atoms with E-state index in [0.717, 1.165) is 0 Å². The molecule has 0 fully saturated rings. The fourth-order valence-electron chi connectivity index (χ4n) is 1.12. The fraction of sp³-hybridized carbons (Fsp3) is 0.556. The van der Waals surface area contributed by atoms with Crippen LogP contribution in [0.5, 0.6) is 0 Å². The number of hydrogen-bond acceptors (Lipinski definition) is 0. The van der Waals surface area contributed by atoms with Crippen LogP contribution in [0, 0.1) is 5.41 Å². The minimum Gasteiger partial charge on any atom is -0.0748 e. The van der Waals surface area contributed by atoms with Crippen molar-refractivity contribution in [2.24, 2.45) is 5.41 Å². The van der Waals surface area contributed by atoms with Gasteiger partial charge in [-0.2, -0.15) is 0 Å². The van der Waals surface area contributed by atoms with Gasteiger partial charge in [-0.15, -0.1) is 0 Å². The first-order valence-corrected chi connectivity index (χ1v) is 3.55. The van der Waals surface area contributed by atoms with Crippen LogP contribution in [-0.2, 0) is 0 Å². The molecule has 0 heterocycles. The fourth-order valence-corrected chi connectivity index (χ4v) is 1.12. The Morgan fingerprint density at radius 2 is 2.11 bits per heavy atom. The third kappa shape index (κ3) is 1.44. The lowest BCUT2D eigenvalue weighted by atomic mass is 9.96. The highest BCUT2D eigenvalue weighted by Gasteiger charge is 2.14. The standard InChI is InChI=1S/C9H14/c1-4-8-5-6-9(2,3)7-8/h5-7H,4H2,1-3H3. The molecule has 0 unspecified atom stereocenters. The van der Waals surface area contributed by atoms with Crippen LogP contribution in [-0.4, -0.2) is 0 Å². The highest BCUT2D eigenvalue weighted by molar-refractivity contribution is 5.31. The smallest absolute Gasteiger partial charge is 0.00134 e. The molecular formula is C9H14. The Morgan fingerprint density at radius 1 is 1.44 bits per heavy atom. The third-order valence-electron chi connectivity index (χ3n) is 1.69. The Morgan fingerprint density at radius 3 is 2.33 bits per heavy atom. The van der Waals surface area contributed by atoms with Crippen molar-refractivity contribution >= 4 is 0 Å². The first-order valence-electron chi connectivity index (χ1n) is 3.55. The third-order valence-corrected chi connectivity index (χ3v) is 1.69. The van der Waals surface area contributed by atoms with Crippen molar-refractivity contribution in [1.82, 2.24) is 0 Å². The molecule has 50 valence electrons. The molecule has 0 saturated heterocycles. The van der Waals surface area contributed by atoms with E-state index in [1.165, 1.54) is 12.0 Å². The van der Waals surface area contributed by atoms with E-state index in [9.17, 15) is 0 Å². The summed E-state index contributed by atoms with van der Waals surface area (Å²) in [7, 11) is 0. The van der Waals surface area contributed by atoms with Crippen molar-refractivity contribution in [3.63, 3.8) is 0 Å². The van der Waals surface area contributed by atoms with Gasteiger partial charge in [-0.1, -0.05) is 44.6 Å². The monoisotopic (exact) mass is 122 g/mol. The minimum absolute atomic E-state index is 0.325. The summed E-state index contributed by atoms with van der Waals surface area (Å²) >= 11 is 0. The molecule has 0 heteroatoms. The molecule has 0 N–H and O–H groups in total. The Labute approximate surface area is 57.3 Å². The molecule has 9 heavy (non-hydrogen) atoms. The van der Waals surface area contributed by atoms with Crippen LogP contribution >= 0.6 is 0 Å². The second-order valence-corrected chi connectivity index (χ2v) is 3.23. The zero-order valence-corrected chi connectivity index (χ0v) is 6.44. The summed E-state index contributed by atoms with van der Waals surface area (Å²) in [5, 5.41) is 0. The first kappa shape index (κ1) is 6.60. The van der Waals surface area contributed by atoms with E-state index in [1.807, 2.05) is 0 Å². The SMILES string of the molecule is CCC1=CC(C)(C)C=C1. The van der Waals surface area contributed by atoms with Gasteiger partial charge in [0.1, 0.15) is 0 Å². The maximum atomic E-state index is 2.33. The van der Waals surface area contributed by atoms with Crippen molar-refractivity contribution in [3.8, 4) is 0 Å². The van der Waals surface area contributed by atoms with Gasteiger partial charge in [-0.25, -0.2) is 0 Å². The molecule has 1 rings (SSSR count). The van der Waals surface area contributed by atoms with E-state index < -0.39 is 0 Å². The zero-order chi connectivity index (χ0) is 6.91. The molecular weight excluding hydrogens is 108 g/mol. The van der Waals surface area contributed by atoms with Crippen LogP contribution in [0.2, 0.25) is 0 Å². The van der Waals surface area contributed by atoms with Gasteiger partial charge in [0.25, 0.3) is 0 Å². The topological polar surface area (TPSA) is 0 Å². The van der Waals surface area contributed by atoms with Gasteiger partial charge in [0.2, 0.25) is 0 Å². The molecule has 0 amide bonds. The average Bonchev–Trinajstić information content (AvgIpc) is 2.10. The maximum Gasteiger partial charge on any atom is 0.00134 e. The number of rotatable bonds is 1. The summed E-state index contributed by atoms with van der Waals surface area (Å²) in [5.41, 5.74) is 1.80. The van der Waals surface area contributed by atoms with Crippen LogP contribution in [0.1, 0.15) is 27.2 Å². The van der Waals surface area contributed by atoms with Gasteiger partial charge in [0.15, 0.2) is 0 Å². The van der Waals surface area contributed by atoms with Crippen molar-refractivity contribution in [2.45, 2.75) is 27.2 Å². The molecule has 0 aromatic rings. The molecule has 1 aliphatic carbocycles. The van der Waals surface area contributed by atoms with Crippen LogP contribution in [0.4, 0.5) is 0 Å². The quantitative estimate of drug-likeness (QED) is 0.501. The number of allylic oxidation sites excluding steroid dienone is 4. The normalized spacial score (nSPS) is 22.3. The molecule has 1 aliphatic rings. The Bertz CT molecular complexity index is 159. The van der Waals surface area contributed by atoms with Gasteiger partial charge in [0.05, 0.1) is 0 Å². The summed E-state index contributed by atoms with van der Waals surface area (Å²) in [6.45, 7) is 6.65. The van der Waals surface area contributed by atoms with E-state index in [2.05, 4.69) is 39.0 Å². The number of hydrogen-bond donors (Lipinski definition) is 0. The molecule has 0 atom stereocenters. The molecule has 0 bridgehead atoms. The lowest BCUT2D eigenvalue weighted by molar-refractivity contribution is 0.634. The van der Waals surface area contributed by atoms with Crippen molar-refractivity contribution in [2.75, 3.05) is 0 Å². The van der Waals surface area contributed by atoms with E-state index in [1.54, 1.807) is 0 Å². The first-order chi connectivity index (χ1) is 4.14. The Kier molecular flexibility index (Phi) is 1.48. The van der Waals surface area contributed by atoms with E-state index in [0.29, 0.717) is 5.41 Å². The molecule has 0 radical (unpaired) electrons. The second-order valence-electron chi connectivity index (χ2n) is 3.23. The lowest BCUT2D eigenvalue weighted by Gasteiger charge is -2.08. The highest BCUT2D eigenvalue weighted by Crippen LogP contribution is 2.28. The molecule has 0 nitrogen and oxygen atoms in total. The molecule has 0 aliphatic heterocycles. The Balaban J connectivity index is 2.74. The van der Waals surface area contributed by atoms with Gasteiger partial charge < -0.3 is 0 Å². The van der Waals surface area contributed by atoms with Crippen molar-refractivity contribution in [3.05, 3.63) is 23.8 Å². The summed E-state index contributed by atoms with van der Waals surface area (Å²) in [6.07, 6.45) is 7.97. The van der Waals surface area contributed by atoms with Gasteiger partial charge >= 0.3 is 0 Å². The molecule has 0 saturated carbocycles. The summed E-state index contributed by atoms with van der Waals surface area (Å²) in [4.78, 5) is 0. The van der Waals surface area contributed by atoms with Gasteiger partial charge in [0, 0.05) is 5.41 Å². The summed E-state index contributed by atoms with van der Waals surface area (Å²) in [5.74, 6) is 0. The largest absolute Gasteiger partial charge is 0.0748 e. The van der Waals surface area contributed by atoms with Crippen LogP contribution in [0.15, 0.2) is 23.8 Å². The van der Waals surface area contributed by atoms with Gasteiger partial charge in [-0.3, -0.25) is 0 Å². The molecule has 0 aromatic heterocycles. The summed E-state index contributed by atoms with van der Waals surface area (Å²) in [6, 6.07) is 0. The Hall–Kier alpha value is -0.520. The average molecular weight is 122 g/mol. The summed E-state index contributed by atoms with van der Waals surface area (Å²) < 4.78 is 0. The van der Waals surface area contributed by atoms with Gasteiger partial charge in [-0.05, 0) is 6.42 Å². The zero-order valence-electron chi connectivity index (χ0n) is 6.44.